The summed E-state index contributed by atoms with van der Waals surface area (Å²) in [5, 5.41) is 3.23. The van der Waals surface area contributed by atoms with Gasteiger partial charge in [0.2, 0.25) is 5.91 Å². The van der Waals surface area contributed by atoms with Crippen LogP contribution < -0.4 is 5.32 Å². The number of rotatable bonds is 8. The third kappa shape index (κ3) is 7.01. The minimum atomic E-state index is -1.65. The molecule has 0 aliphatic carbocycles. The number of carbonyl (C=O) groups excluding carboxylic acids is 1. The molecule has 0 aliphatic heterocycles. The summed E-state index contributed by atoms with van der Waals surface area (Å²) < 4.78 is 6.13. The lowest BCUT2D eigenvalue weighted by atomic mass is 10.1. The molecule has 0 aliphatic rings. The molecule has 1 amide bonds. The summed E-state index contributed by atoms with van der Waals surface area (Å²) >= 11 is 0. The van der Waals surface area contributed by atoms with E-state index in [-0.39, 0.29) is 17.0 Å². The Morgan fingerprint density at radius 2 is 1.88 bits per heavy atom. The Bertz CT molecular complexity index is 532. The van der Waals surface area contributed by atoms with Crippen molar-refractivity contribution in [3.63, 3.8) is 0 Å². The summed E-state index contributed by atoms with van der Waals surface area (Å²) in [4.78, 5) is 11.9. The van der Waals surface area contributed by atoms with E-state index in [0.717, 1.165) is 25.0 Å². The number of amides is 1. The third-order valence-electron chi connectivity index (χ3n) is 4.71. The smallest absolute Gasteiger partial charge is 0.244 e. The highest BCUT2D eigenvalue weighted by molar-refractivity contribution is 6.74. The summed E-state index contributed by atoms with van der Waals surface area (Å²) in [5.41, 5.74) is 1.11. The number of nitrogens with one attached hydrogen (secondary N) is 1. The minimum absolute atomic E-state index is 0.0188. The molecule has 4 heteroatoms. The minimum Gasteiger partial charge on any atom is -0.417 e. The van der Waals surface area contributed by atoms with Crippen molar-refractivity contribution in [2.45, 2.75) is 64.7 Å². The van der Waals surface area contributed by atoms with Crippen molar-refractivity contribution in [3.8, 4) is 0 Å². The number of hydrogen-bond donors (Lipinski definition) is 1. The van der Waals surface area contributed by atoms with Gasteiger partial charge in [0.25, 0.3) is 0 Å². The second-order valence-electron chi connectivity index (χ2n) is 7.79. The van der Waals surface area contributed by atoms with E-state index < -0.39 is 8.32 Å². The maximum absolute atomic E-state index is 11.9. The van der Waals surface area contributed by atoms with Crippen LogP contribution in [0.5, 0.6) is 0 Å². The first kappa shape index (κ1) is 20.7. The van der Waals surface area contributed by atoms with Crippen molar-refractivity contribution in [3.05, 3.63) is 48.0 Å². The second-order valence-corrected chi connectivity index (χ2v) is 12.6. The standard InChI is InChI=1S/C20H33NO2Si/c1-17(18-13-9-7-10-14-18)21-19(22)15-11-8-12-16-23-24(5,6)20(2,3)4/h7,9-11,13-15,17H,8,12,16H2,1-6H3,(H,21,22)/b15-11+. The molecule has 0 aromatic heterocycles. The summed E-state index contributed by atoms with van der Waals surface area (Å²) in [6, 6.07) is 10.0. The highest BCUT2D eigenvalue weighted by Crippen LogP contribution is 2.36. The van der Waals surface area contributed by atoms with Gasteiger partial charge < -0.3 is 9.74 Å². The molecule has 0 saturated carbocycles. The van der Waals surface area contributed by atoms with Crippen LogP contribution >= 0.6 is 0 Å². The topological polar surface area (TPSA) is 38.3 Å². The van der Waals surface area contributed by atoms with Crippen LogP contribution in [0, 0.1) is 0 Å². The van der Waals surface area contributed by atoms with Crippen molar-refractivity contribution >= 4 is 14.2 Å². The van der Waals surface area contributed by atoms with Gasteiger partial charge in [0.05, 0.1) is 6.04 Å². The first-order chi connectivity index (χ1) is 11.1. The van der Waals surface area contributed by atoms with Crippen LogP contribution in [-0.4, -0.2) is 20.8 Å². The Balaban J connectivity index is 2.27. The molecule has 1 N–H and O–H groups in total. The SMILES string of the molecule is CC(NC(=O)/C=C/CCCO[Si](C)(C)C(C)(C)C)c1ccccc1. The number of benzene rings is 1. The maximum atomic E-state index is 11.9. The molecular weight excluding hydrogens is 314 g/mol. The largest absolute Gasteiger partial charge is 0.417 e. The molecule has 1 atom stereocenters. The fraction of sp³-hybridized carbons (Fsp3) is 0.550. The normalized spacial score (nSPS) is 13.9. The zero-order valence-corrected chi connectivity index (χ0v) is 17.1. The first-order valence-electron chi connectivity index (χ1n) is 8.79. The van der Waals surface area contributed by atoms with Gasteiger partial charge in [0.15, 0.2) is 8.32 Å². The number of allylic oxidation sites excluding steroid dienone is 1. The Labute approximate surface area is 148 Å². The molecular formula is C20H33NO2Si. The highest BCUT2D eigenvalue weighted by atomic mass is 28.4. The number of hydrogen-bond acceptors (Lipinski definition) is 2. The molecule has 0 bridgehead atoms. The van der Waals surface area contributed by atoms with Gasteiger partial charge in [-0.2, -0.15) is 0 Å². The van der Waals surface area contributed by atoms with Crippen molar-refractivity contribution < 1.29 is 9.22 Å². The van der Waals surface area contributed by atoms with E-state index >= 15 is 0 Å². The Kier molecular flexibility index (Phi) is 7.90. The molecule has 3 nitrogen and oxygen atoms in total. The van der Waals surface area contributed by atoms with Gasteiger partial charge in [0, 0.05) is 6.61 Å². The fourth-order valence-corrected chi connectivity index (χ4v) is 3.11. The van der Waals surface area contributed by atoms with Gasteiger partial charge in [-0.3, -0.25) is 4.79 Å². The lowest BCUT2D eigenvalue weighted by Gasteiger charge is -2.36. The average molecular weight is 348 g/mol. The molecule has 0 heterocycles. The van der Waals surface area contributed by atoms with Gasteiger partial charge in [-0.1, -0.05) is 57.2 Å². The van der Waals surface area contributed by atoms with E-state index in [1.807, 2.05) is 43.3 Å². The molecule has 134 valence electrons. The highest BCUT2D eigenvalue weighted by Gasteiger charge is 2.36. The second kappa shape index (κ2) is 9.18. The van der Waals surface area contributed by atoms with Crippen LogP contribution in [0.25, 0.3) is 0 Å². The summed E-state index contributed by atoms with van der Waals surface area (Å²) in [7, 11) is -1.65. The molecule has 24 heavy (non-hydrogen) atoms. The molecule has 0 spiro atoms. The predicted molar refractivity (Wildman–Crippen MR) is 105 cm³/mol. The number of carbonyl (C=O) groups is 1. The van der Waals surface area contributed by atoms with Crippen molar-refractivity contribution in [1.82, 2.24) is 5.32 Å². The van der Waals surface area contributed by atoms with Crippen molar-refractivity contribution in [2.24, 2.45) is 0 Å². The van der Waals surface area contributed by atoms with Crippen LogP contribution in [0.3, 0.4) is 0 Å². The molecule has 0 fully saturated rings. The van der Waals surface area contributed by atoms with Crippen LogP contribution in [0.4, 0.5) is 0 Å². The summed E-state index contributed by atoms with van der Waals surface area (Å²) in [6.07, 6.45) is 5.38. The van der Waals surface area contributed by atoms with Crippen LogP contribution in [0.1, 0.15) is 52.1 Å². The maximum Gasteiger partial charge on any atom is 0.244 e. The van der Waals surface area contributed by atoms with Gasteiger partial charge in [-0.25, -0.2) is 0 Å². The molecule has 1 aromatic rings. The van der Waals surface area contributed by atoms with Crippen molar-refractivity contribution in [1.29, 1.82) is 0 Å². The van der Waals surface area contributed by atoms with E-state index in [4.69, 9.17) is 4.43 Å². The van der Waals surface area contributed by atoms with E-state index in [1.165, 1.54) is 0 Å². The fourth-order valence-electron chi connectivity index (χ4n) is 2.02. The molecule has 0 saturated heterocycles. The van der Waals surface area contributed by atoms with Gasteiger partial charge in [-0.05, 0) is 49.5 Å². The molecule has 1 aromatic carbocycles. The van der Waals surface area contributed by atoms with Crippen LogP contribution in [-0.2, 0) is 9.22 Å². The zero-order valence-electron chi connectivity index (χ0n) is 16.1. The van der Waals surface area contributed by atoms with E-state index in [2.05, 4.69) is 39.2 Å². The lowest BCUT2D eigenvalue weighted by molar-refractivity contribution is -0.117. The number of unbranched alkanes of at least 4 members (excludes halogenated alkanes) is 1. The zero-order chi connectivity index (χ0) is 18.2. The molecule has 0 radical (unpaired) electrons. The third-order valence-corrected chi connectivity index (χ3v) is 9.25. The van der Waals surface area contributed by atoms with Gasteiger partial charge >= 0.3 is 0 Å². The molecule has 1 unspecified atom stereocenters. The van der Waals surface area contributed by atoms with Crippen LogP contribution in [0.2, 0.25) is 18.1 Å². The summed E-state index contributed by atoms with van der Waals surface area (Å²) in [5.74, 6) is -0.0448. The quantitative estimate of drug-likeness (QED) is 0.398. The Morgan fingerprint density at radius 3 is 2.46 bits per heavy atom. The first-order valence-corrected chi connectivity index (χ1v) is 11.7. The van der Waals surface area contributed by atoms with Gasteiger partial charge in [0.1, 0.15) is 0 Å². The van der Waals surface area contributed by atoms with E-state index in [1.54, 1.807) is 6.08 Å². The molecule has 1 rings (SSSR count). The average Bonchev–Trinajstić information content (AvgIpc) is 2.50. The van der Waals surface area contributed by atoms with E-state index in [9.17, 15) is 4.79 Å². The monoisotopic (exact) mass is 347 g/mol. The van der Waals surface area contributed by atoms with Crippen LogP contribution in [0.15, 0.2) is 42.5 Å². The lowest BCUT2D eigenvalue weighted by Crippen LogP contribution is -2.40. The Morgan fingerprint density at radius 1 is 1.25 bits per heavy atom. The van der Waals surface area contributed by atoms with Crippen molar-refractivity contribution in [2.75, 3.05) is 6.61 Å². The van der Waals surface area contributed by atoms with Gasteiger partial charge in [-0.15, -0.1) is 0 Å². The van der Waals surface area contributed by atoms with E-state index in [0.29, 0.717) is 0 Å². The Hall–Kier alpha value is -1.39. The summed E-state index contributed by atoms with van der Waals surface area (Å²) in [6.45, 7) is 14.0. The predicted octanol–water partition coefficient (Wildman–Crippen LogP) is 5.22.